The summed E-state index contributed by atoms with van der Waals surface area (Å²) in [5.41, 5.74) is 3.08. The van der Waals surface area contributed by atoms with Crippen LogP contribution in [0.25, 0.3) is 0 Å². The number of thiophene rings is 1. The minimum absolute atomic E-state index is 0.0844. The smallest absolute Gasteiger partial charge is 0.279 e. The van der Waals surface area contributed by atoms with Gasteiger partial charge in [-0.15, -0.1) is 11.3 Å². The normalized spacial score (nSPS) is 13.1. The number of amides is 1. The first-order valence-corrected chi connectivity index (χ1v) is 10.7. The van der Waals surface area contributed by atoms with Crippen LogP contribution in [0.5, 0.6) is 0 Å². The van der Waals surface area contributed by atoms with Gasteiger partial charge in [0.25, 0.3) is 5.91 Å². The van der Waals surface area contributed by atoms with Crippen LogP contribution in [-0.4, -0.2) is 17.4 Å². The lowest BCUT2D eigenvalue weighted by molar-refractivity contribution is -0.675. The molecule has 146 valence electrons. The highest BCUT2D eigenvalue weighted by molar-refractivity contribution is 7.10. The van der Waals surface area contributed by atoms with E-state index in [1.807, 2.05) is 6.07 Å². The van der Waals surface area contributed by atoms with Crippen molar-refractivity contribution in [1.29, 1.82) is 0 Å². The first kappa shape index (κ1) is 20.5. The van der Waals surface area contributed by atoms with Crippen molar-refractivity contribution < 1.29 is 10.1 Å². The summed E-state index contributed by atoms with van der Waals surface area (Å²) in [4.78, 5) is 17.6. The number of carbonyl (C=O) groups is 1. The number of nitrogens with two attached hydrogens (primary N) is 1. The number of nitrogens with one attached hydrogen (secondary N) is 1. The highest BCUT2D eigenvalue weighted by Crippen LogP contribution is 2.25. The molecule has 4 nitrogen and oxygen atoms in total. The van der Waals surface area contributed by atoms with E-state index in [9.17, 15) is 4.79 Å². The highest BCUT2D eigenvalue weighted by atomic mass is 35.5. The van der Waals surface area contributed by atoms with E-state index < -0.39 is 0 Å². The number of quaternary nitrogens is 1. The fraction of sp³-hybridized carbons (Fsp3) is 0.273. The van der Waals surface area contributed by atoms with Gasteiger partial charge in [-0.3, -0.25) is 4.79 Å². The number of anilines is 1. The quantitative estimate of drug-likeness (QED) is 0.529. The lowest BCUT2D eigenvalue weighted by atomic mass is 9.95. The molecule has 0 radical (unpaired) electrons. The van der Waals surface area contributed by atoms with Gasteiger partial charge in [0.2, 0.25) is 0 Å². The van der Waals surface area contributed by atoms with Gasteiger partial charge in [-0.2, -0.15) is 0 Å². The molecule has 0 aliphatic rings. The SMILES string of the molecule is CC[C@@H](C)c1ccc([C@@H]([NH2+]CC(=O)Nc2cccnc2Cl)c2cccs2)cc1. The molecule has 6 heteroatoms. The predicted molar refractivity (Wildman–Crippen MR) is 116 cm³/mol. The molecule has 3 N–H and O–H groups in total. The molecule has 0 spiro atoms. The van der Waals surface area contributed by atoms with Crippen molar-refractivity contribution in [2.45, 2.75) is 32.2 Å². The fourth-order valence-corrected chi connectivity index (χ4v) is 4.07. The minimum atomic E-state index is -0.104. The lowest BCUT2D eigenvalue weighted by Crippen LogP contribution is -2.87. The third-order valence-corrected chi connectivity index (χ3v) is 6.16. The molecule has 28 heavy (non-hydrogen) atoms. The van der Waals surface area contributed by atoms with Crippen LogP contribution in [-0.2, 0) is 4.79 Å². The molecule has 2 aromatic heterocycles. The van der Waals surface area contributed by atoms with Crippen molar-refractivity contribution in [3.63, 3.8) is 0 Å². The highest BCUT2D eigenvalue weighted by Gasteiger charge is 2.20. The predicted octanol–water partition coefficient (Wildman–Crippen LogP) is 4.60. The van der Waals surface area contributed by atoms with Crippen molar-refractivity contribution in [3.8, 4) is 0 Å². The molecule has 1 aromatic carbocycles. The second-order valence-corrected chi connectivity index (χ2v) is 8.14. The average molecular weight is 415 g/mol. The molecule has 0 aliphatic heterocycles. The largest absolute Gasteiger partial charge is 0.328 e. The van der Waals surface area contributed by atoms with Crippen LogP contribution < -0.4 is 10.6 Å². The molecule has 2 atom stereocenters. The van der Waals surface area contributed by atoms with Gasteiger partial charge < -0.3 is 10.6 Å². The zero-order valence-electron chi connectivity index (χ0n) is 16.1. The number of aromatic nitrogens is 1. The molecule has 0 saturated carbocycles. The summed E-state index contributed by atoms with van der Waals surface area (Å²) in [6.45, 7) is 4.74. The number of benzene rings is 1. The van der Waals surface area contributed by atoms with Crippen LogP contribution in [0.1, 0.15) is 48.2 Å². The molecule has 0 saturated heterocycles. The molecule has 3 rings (SSSR count). The lowest BCUT2D eigenvalue weighted by Gasteiger charge is -2.16. The minimum Gasteiger partial charge on any atom is -0.328 e. The first-order valence-electron chi connectivity index (χ1n) is 9.45. The van der Waals surface area contributed by atoms with Crippen LogP contribution in [0.2, 0.25) is 5.15 Å². The Balaban J connectivity index is 1.71. The third kappa shape index (κ3) is 5.19. The van der Waals surface area contributed by atoms with E-state index in [0.717, 1.165) is 6.42 Å². The van der Waals surface area contributed by atoms with Gasteiger partial charge in [-0.05, 0) is 41.5 Å². The number of carbonyl (C=O) groups excluding carboxylic acids is 1. The number of hydrogen-bond donors (Lipinski definition) is 2. The van der Waals surface area contributed by atoms with E-state index in [1.165, 1.54) is 16.0 Å². The third-order valence-electron chi connectivity index (χ3n) is 4.90. The van der Waals surface area contributed by atoms with Gasteiger partial charge in [0.05, 0.1) is 10.6 Å². The summed E-state index contributed by atoms with van der Waals surface area (Å²) >= 11 is 7.73. The van der Waals surface area contributed by atoms with Gasteiger partial charge in [0.1, 0.15) is 6.04 Å². The maximum Gasteiger partial charge on any atom is 0.279 e. The molecule has 0 unspecified atom stereocenters. The van der Waals surface area contributed by atoms with Crippen LogP contribution in [0.15, 0.2) is 60.1 Å². The summed E-state index contributed by atoms with van der Waals surface area (Å²) in [5.74, 6) is 0.445. The van der Waals surface area contributed by atoms with E-state index in [2.05, 4.69) is 65.2 Å². The van der Waals surface area contributed by atoms with E-state index in [0.29, 0.717) is 23.3 Å². The van der Waals surface area contributed by atoms with Crippen molar-refractivity contribution in [2.24, 2.45) is 0 Å². The van der Waals surface area contributed by atoms with Crippen molar-refractivity contribution in [1.82, 2.24) is 4.98 Å². The molecule has 1 amide bonds. The van der Waals surface area contributed by atoms with Crippen LogP contribution in [0.4, 0.5) is 5.69 Å². The first-order chi connectivity index (χ1) is 13.6. The standard InChI is InChI=1S/C22H24ClN3OS/c1-3-15(2)16-8-10-17(11-9-16)21(19-7-5-13-28-19)25-14-20(27)26-18-6-4-12-24-22(18)23/h4-13,15,21,25H,3,14H2,1-2H3,(H,26,27)/p+1/t15-,21-/m1/s1. The molecule has 0 fully saturated rings. The Morgan fingerprint density at radius 1 is 1.18 bits per heavy atom. The zero-order chi connectivity index (χ0) is 19.9. The molecule has 0 bridgehead atoms. The van der Waals surface area contributed by atoms with Crippen LogP contribution in [0.3, 0.4) is 0 Å². The Hall–Kier alpha value is -2.21. The van der Waals surface area contributed by atoms with Gasteiger partial charge in [0, 0.05) is 11.8 Å². The molecule has 0 aliphatic carbocycles. The van der Waals surface area contributed by atoms with Gasteiger partial charge >= 0.3 is 0 Å². The number of rotatable bonds is 8. The molecule has 3 aromatic rings. The van der Waals surface area contributed by atoms with Gasteiger partial charge in [-0.1, -0.05) is 55.8 Å². The Morgan fingerprint density at radius 2 is 1.93 bits per heavy atom. The number of pyridine rings is 1. The second kappa shape index (κ2) is 9.82. The topological polar surface area (TPSA) is 58.6 Å². The van der Waals surface area contributed by atoms with E-state index in [1.54, 1.807) is 29.7 Å². The Labute approximate surface area is 175 Å². The zero-order valence-corrected chi connectivity index (χ0v) is 17.6. The van der Waals surface area contributed by atoms with Crippen LogP contribution >= 0.6 is 22.9 Å². The molecule has 2 heterocycles. The van der Waals surface area contributed by atoms with E-state index in [4.69, 9.17) is 11.6 Å². The summed E-state index contributed by atoms with van der Waals surface area (Å²) in [7, 11) is 0. The second-order valence-electron chi connectivity index (χ2n) is 6.80. The van der Waals surface area contributed by atoms with Crippen LogP contribution in [0, 0.1) is 0 Å². The summed E-state index contributed by atoms with van der Waals surface area (Å²) in [6, 6.07) is 16.5. The maximum absolute atomic E-state index is 12.4. The maximum atomic E-state index is 12.4. The fourth-order valence-electron chi connectivity index (χ4n) is 3.06. The summed E-state index contributed by atoms with van der Waals surface area (Å²) in [6.07, 6.45) is 2.72. The Morgan fingerprint density at radius 3 is 2.57 bits per heavy atom. The average Bonchev–Trinajstić information content (AvgIpc) is 3.24. The van der Waals surface area contributed by atoms with E-state index >= 15 is 0 Å². The monoisotopic (exact) mass is 414 g/mol. The Bertz CT molecular complexity index is 896. The van der Waals surface area contributed by atoms with E-state index in [-0.39, 0.29) is 11.9 Å². The molecular weight excluding hydrogens is 390 g/mol. The molecular formula is C22H25ClN3OS+. The summed E-state index contributed by atoms with van der Waals surface area (Å²) < 4.78 is 0. The Kier molecular flexibility index (Phi) is 7.20. The van der Waals surface area contributed by atoms with Gasteiger partial charge in [0.15, 0.2) is 11.7 Å². The number of nitrogens with zero attached hydrogens (tertiary/aromatic N) is 1. The van der Waals surface area contributed by atoms with Gasteiger partial charge in [-0.25, -0.2) is 4.98 Å². The van der Waals surface area contributed by atoms with Crippen molar-refractivity contribution in [2.75, 3.05) is 11.9 Å². The summed E-state index contributed by atoms with van der Waals surface area (Å²) in [5, 5.41) is 7.26. The number of halogens is 1. The van der Waals surface area contributed by atoms with Crippen molar-refractivity contribution in [3.05, 3.63) is 81.3 Å². The van der Waals surface area contributed by atoms with Crippen molar-refractivity contribution >= 4 is 34.5 Å². The number of hydrogen-bond acceptors (Lipinski definition) is 3.